The van der Waals surface area contributed by atoms with E-state index in [1.54, 1.807) is 23.6 Å². The molecular formula is C21H28N6O2. The number of piperazine rings is 1. The summed E-state index contributed by atoms with van der Waals surface area (Å²) in [6.45, 7) is 2.78. The van der Waals surface area contributed by atoms with E-state index < -0.39 is 0 Å². The normalized spacial score (nSPS) is 17.9. The van der Waals surface area contributed by atoms with E-state index in [1.807, 2.05) is 27.8 Å². The molecule has 1 saturated carbocycles. The zero-order chi connectivity index (χ0) is 20.1. The zero-order valence-electron chi connectivity index (χ0n) is 16.7. The number of amides is 3. The standard InChI is InChI=1S/C21H28N6O2/c28-20(17-5-2-1-3-6-17)25-11-13-26(14-12-25)21(29)24-15-18-7-4-8-23-19(18)27-10-9-22-16-27/h4,7-10,16-17H,1-3,5-6,11-15H2,(H,24,29). The molecule has 0 radical (unpaired) electrons. The van der Waals surface area contributed by atoms with Crippen LogP contribution in [0.1, 0.15) is 37.7 Å². The first-order valence-electron chi connectivity index (χ1n) is 10.5. The van der Waals surface area contributed by atoms with Gasteiger partial charge < -0.3 is 15.1 Å². The number of nitrogens with zero attached hydrogens (tertiary/aromatic N) is 5. The summed E-state index contributed by atoms with van der Waals surface area (Å²) in [6.07, 6.45) is 12.5. The summed E-state index contributed by atoms with van der Waals surface area (Å²) >= 11 is 0. The Morgan fingerprint density at radius 1 is 1.03 bits per heavy atom. The van der Waals surface area contributed by atoms with Gasteiger partial charge in [-0.15, -0.1) is 0 Å². The van der Waals surface area contributed by atoms with E-state index in [2.05, 4.69) is 15.3 Å². The second kappa shape index (κ2) is 9.07. The van der Waals surface area contributed by atoms with E-state index in [1.165, 1.54) is 6.42 Å². The first-order chi connectivity index (χ1) is 14.2. The van der Waals surface area contributed by atoms with Gasteiger partial charge in [0.25, 0.3) is 0 Å². The SMILES string of the molecule is O=C(NCc1cccnc1-n1ccnc1)N1CCN(C(=O)C2CCCCC2)CC1. The third kappa shape index (κ3) is 4.58. The first kappa shape index (κ1) is 19.4. The summed E-state index contributed by atoms with van der Waals surface area (Å²) in [7, 11) is 0. The molecule has 0 bridgehead atoms. The molecule has 0 unspecified atom stereocenters. The van der Waals surface area contributed by atoms with Crippen LogP contribution in [-0.4, -0.2) is 62.5 Å². The van der Waals surface area contributed by atoms with Gasteiger partial charge >= 0.3 is 6.03 Å². The zero-order valence-corrected chi connectivity index (χ0v) is 16.7. The summed E-state index contributed by atoms with van der Waals surface area (Å²) in [5, 5.41) is 2.99. The fraction of sp³-hybridized carbons (Fsp3) is 0.524. The highest BCUT2D eigenvalue weighted by atomic mass is 16.2. The van der Waals surface area contributed by atoms with Crippen molar-refractivity contribution in [2.75, 3.05) is 26.2 Å². The van der Waals surface area contributed by atoms with Crippen molar-refractivity contribution in [3.63, 3.8) is 0 Å². The number of nitrogens with one attached hydrogen (secondary N) is 1. The highest BCUT2D eigenvalue weighted by molar-refractivity contribution is 5.79. The molecule has 2 aromatic heterocycles. The number of pyridine rings is 1. The predicted molar refractivity (Wildman–Crippen MR) is 108 cm³/mol. The molecule has 0 spiro atoms. The number of carbonyl (C=O) groups is 2. The molecule has 0 atom stereocenters. The van der Waals surface area contributed by atoms with Gasteiger partial charge in [0.2, 0.25) is 5.91 Å². The molecule has 4 rings (SSSR count). The Hall–Kier alpha value is -2.90. The minimum Gasteiger partial charge on any atom is -0.339 e. The van der Waals surface area contributed by atoms with E-state index in [-0.39, 0.29) is 17.9 Å². The van der Waals surface area contributed by atoms with Crippen LogP contribution in [0.5, 0.6) is 0 Å². The molecule has 154 valence electrons. The molecule has 29 heavy (non-hydrogen) atoms. The lowest BCUT2D eigenvalue weighted by Crippen LogP contribution is -2.54. The van der Waals surface area contributed by atoms with Crippen LogP contribution in [0.15, 0.2) is 37.1 Å². The molecule has 1 aliphatic heterocycles. The van der Waals surface area contributed by atoms with Crippen LogP contribution in [0.25, 0.3) is 5.82 Å². The topological polar surface area (TPSA) is 83.4 Å². The molecule has 2 fully saturated rings. The Morgan fingerprint density at radius 3 is 2.52 bits per heavy atom. The third-order valence-corrected chi connectivity index (χ3v) is 5.88. The molecule has 3 heterocycles. The van der Waals surface area contributed by atoms with Crippen LogP contribution < -0.4 is 5.32 Å². The molecule has 2 aliphatic rings. The summed E-state index contributed by atoms with van der Waals surface area (Å²) in [5.74, 6) is 1.23. The van der Waals surface area contributed by atoms with Gasteiger partial charge in [-0.3, -0.25) is 9.36 Å². The number of carbonyl (C=O) groups excluding carboxylic acids is 2. The highest BCUT2D eigenvalue weighted by Gasteiger charge is 2.29. The minimum absolute atomic E-state index is 0.102. The Labute approximate surface area is 170 Å². The van der Waals surface area contributed by atoms with E-state index in [4.69, 9.17) is 0 Å². The first-order valence-corrected chi connectivity index (χ1v) is 10.5. The van der Waals surface area contributed by atoms with E-state index in [9.17, 15) is 9.59 Å². The minimum atomic E-state index is -0.102. The summed E-state index contributed by atoms with van der Waals surface area (Å²) in [5.41, 5.74) is 0.921. The van der Waals surface area contributed by atoms with E-state index in [0.29, 0.717) is 32.7 Å². The van der Waals surface area contributed by atoms with E-state index in [0.717, 1.165) is 37.1 Å². The molecule has 1 N–H and O–H groups in total. The van der Waals surface area contributed by atoms with Gasteiger partial charge in [0.05, 0.1) is 0 Å². The third-order valence-electron chi connectivity index (χ3n) is 5.88. The largest absolute Gasteiger partial charge is 0.339 e. The lowest BCUT2D eigenvalue weighted by Gasteiger charge is -2.37. The van der Waals surface area contributed by atoms with Crippen LogP contribution in [0, 0.1) is 5.92 Å². The molecule has 0 aromatic carbocycles. The maximum atomic E-state index is 12.7. The Kier molecular flexibility index (Phi) is 6.07. The van der Waals surface area contributed by atoms with Crippen LogP contribution in [0.4, 0.5) is 4.79 Å². The fourth-order valence-corrected chi connectivity index (χ4v) is 4.21. The average Bonchev–Trinajstić information content (AvgIpc) is 3.33. The molecule has 8 heteroatoms. The second-order valence-corrected chi connectivity index (χ2v) is 7.76. The second-order valence-electron chi connectivity index (χ2n) is 7.76. The van der Waals surface area contributed by atoms with Gasteiger partial charge in [-0.05, 0) is 18.9 Å². The van der Waals surface area contributed by atoms with Gasteiger partial charge in [-0.25, -0.2) is 14.8 Å². The maximum absolute atomic E-state index is 12.7. The number of hydrogen-bond acceptors (Lipinski definition) is 4. The van der Waals surface area contributed by atoms with Crippen LogP contribution in [0.2, 0.25) is 0 Å². The van der Waals surface area contributed by atoms with Crippen LogP contribution in [0.3, 0.4) is 0 Å². The monoisotopic (exact) mass is 396 g/mol. The number of urea groups is 1. The van der Waals surface area contributed by atoms with Crippen molar-refractivity contribution in [2.45, 2.75) is 38.6 Å². The van der Waals surface area contributed by atoms with Gasteiger partial charge in [-0.1, -0.05) is 25.3 Å². The van der Waals surface area contributed by atoms with Crippen molar-refractivity contribution in [1.82, 2.24) is 29.7 Å². The van der Waals surface area contributed by atoms with Crippen molar-refractivity contribution >= 4 is 11.9 Å². The summed E-state index contributed by atoms with van der Waals surface area (Å²) in [6, 6.07) is 3.70. The van der Waals surface area contributed by atoms with Gasteiger partial charge in [-0.2, -0.15) is 0 Å². The number of aromatic nitrogens is 3. The highest BCUT2D eigenvalue weighted by Crippen LogP contribution is 2.25. The van der Waals surface area contributed by atoms with Gasteiger partial charge in [0.1, 0.15) is 12.1 Å². The van der Waals surface area contributed by atoms with Crippen molar-refractivity contribution in [1.29, 1.82) is 0 Å². The molecule has 1 aliphatic carbocycles. The predicted octanol–water partition coefficient (Wildman–Crippen LogP) is 2.20. The lowest BCUT2D eigenvalue weighted by molar-refractivity contribution is -0.138. The number of imidazole rings is 1. The lowest BCUT2D eigenvalue weighted by atomic mass is 9.88. The van der Waals surface area contributed by atoms with E-state index >= 15 is 0 Å². The maximum Gasteiger partial charge on any atom is 0.317 e. The summed E-state index contributed by atoms with van der Waals surface area (Å²) < 4.78 is 1.83. The Balaban J connectivity index is 1.28. The Morgan fingerprint density at radius 2 is 1.79 bits per heavy atom. The molecule has 8 nitrogen and oxygen atoms in total. The van der Waals surface area contributed by atoms with Gasteiger partial charge in [0.15, 0.2) is 0 Å². The number of rotatable bonds is 4. The van der Waals surface area contributed by atoms with Crippen LogP contribution >= 0.6 is 0 Å². The molecular weight excluding hydrogens is 368 g/mol. The molecule has 3 amide bonds. The molecule has 2 aromatic rings. The van der Waals surface area contributed by atoms with Crippen LogP contribution in [-0.2, 0) is 11.3 Å². The average molecular weight is 396 g/mol. The van der Waals surface area contributed by atoms with Crippen molar-refractivity contribution in [3.05, 3.63) is 42.6 Å². The quantitative estimate of drug-likeness (QED) is 0.859. The fourth-order valence-electron chi connectivity index (χ4n) is 4.21. The van der Waals surface area contributed by atoms with Gasteiger partial charge in [0, 0.05) is 62.8 Å². The smallest absolute Gasteiger partial charge is 0.317 e. The van der Waals surface area contributed by atoms with Crippen molar-refractivity contribution < 1.29 is 9.59 Å². The Bertz CT molecular complexity index is 823. The number of hydrogen-bond donors (Lipinski definition) is 1. The summed E-state index contributed by atoms with van der Waals surface area (Å²) in [4.78, 5) is 37.5. The van der Waals surface area contributed by atoms with Crippen molar-refractivity contribution in [3.8, 4) is 5.82 Å². The molecule has 1 saturated heterocycles. The van der Waals surface area contributed by atoms with Crippen molar-refractivity contribution in [2.24, 2.45) is 5.92 Å².